The zero-order chi connectivity index (χ0) is 29.3. The van der Waals surface area contributed by atoms with Gasteiger partial charge in [0.15, 0.2) is 0 Å². The van der Waals surface area contributed by atoms with Crippen molar-refractivity contribution < 1.29 is 34.2 Å². The number of nitrogens with one attached hydrogen (secondary N) is 4. The minimum absolute atomic E-state index is 0.140. The number of nitrogens with two attached hydrogens (primary N) is 1. The lowest BCUT2D eigenvalue weighted by Crippen LogP contribution is -2.59. The van der Waals surface area contributed by atoms with Gasteiger partial charge in [-0.1, -0.05) is 58.7 Å². The molecule has 8 N–H and O–H groups in total. The molecule has 39 heavy (non-hydrogen) atoms. The highest BCUT2D eigenvalue weighted by molar-refractivity contribution is 5.96. The molecule has 6 atom stereocenters. The van der Waals surface area contributed by atoms with Crippen LogP contribution in [0.4, 0.5) is 0 Å². The number of aromatic amines is 1. The van der Waals surface area contributed by atoms with Crippen LogP contribution in [0.5, 0.6) is 0 Å². The average Bonchev–Trinajstić information content (AvgIpc) is 3.30. The number of carboxylic acid groups (broad SMARTS) is 2. The van der Waals surface area contributed by atoms with Crippen LogP contribution in [0.15, 0.2) is 30.5 Å². The van der Waals surface area contributed by atoms with E-state index < -0.39 is 66.2 Å². The molecule has 0 aliphatic carbocycles. The van der Waals surface area contributed by atoms with Crippen LogP contribution < -0.4 is 21.7 Å². The molecule has 1 aromatic heterocycles. The molecule has 0 fully saturated rings. The Morgan fingerprint density at radius 1 is 0.872 bits per heavy atom. The van der Waals surface area contributed by atoms with Gasteiger partial charge in [0, 0.05) is 17.1 Å². The summed E-state index contributed by atoms with van der Waals surface area (Å²) in [5.41, 5.74) is 7.76. The van der Waals surface area contributed by atoms with E-state index in [1.807, 2.05) is 24.3 Å². The van der Waals surface area contributed by atoms with Crippen molar-refractivity contribution in [2.45, 2.75) is 77.5 Å². The highest BCUT2D eigenvalue weighted by Crippen LogP contribution is 2.19. The summed E-state index contributed by atoms with van der Waals surface area (Å²) in [5, 5.41) is 27.2. The second-order valence-corrected chi connectivity index (χ2v) is 9.91. The number of hydrogen-bond donors (Lipinski definition) is 7. The molecule has 0 aliphatic heterocycles. The number of carboxylic acids is 2. The van der Waals surface area contributed by atoms with Crippen molar-refractivity contribution in [3.8, 4) is 0 Å². The first-order chi connectivity index (χ1) is 18.4. The number of carbonyl (C=O) groups excluding carboxylic acids is 3. The summed E-state index contributed by atoms with van der Waals surface area (Å²) in [7, 11) is 0. The van der Waals surface area contributed by atoms with Crippen LogP contribution in [-0.2, 0) is 30.4 Å². The lowest BCUT2D eigenvalue weighted by molar-refractivity contribution is -0.144. The van der Waals surface area contributed by atoms with E-state index in [9.17, 15) is 34.2 Å². The number of fused-ring (bicyclic) bond motifs is 1. The first kappa shape index (κ1) is 31.3. The second-order valence-electron chi connectivity index (χ2n) is 9.91. The number of H-pyrrole nitrogens is 1. The van der Waals surface area contributed by atoms with Gasteiger partial charge in [-0.3, -0.25) is 19.2 Å². The van der Waals surface area contributed by atoms with Gasteiger partial charge in [-0.2, -0.15) is 0 Å². The SMILES string of the molecule is CCC(C)C(NC(=O)C(NC(=O)C(CC(=O)O)NC(=O)C(N)Cc1c[nH]c2ccccc12)C(C)CC)C(=O)O. The number of amides is 3. The van der Waals surface area contributed by atoms with Gasteiger partial charge in [0.05, 0.1) is 12.5 Å². The van der Waals surface area contributed by atoms with Crippen molar-refractivity contribution >= 4 is 40.6 Å². The normalized spacial score (nSPS) is 15.8. The number of para-hydroxylation sites is 1. The highest BCUT2D eigenvalue weighted by Gasteiger charge is 2.34. The first-order valence-electron chi connectivity index (χ1n) is 13.1. The largest absolute Gasteiger partial charge is 0.481 e. The van der Waals surface area contributed by atoms with Crippen molar-refractivity contribution in [2.75, 3.05) is 0 Å². The van der Waals surface area contributed by atoms with Crippen LogP contribution in [-0.4, -0.2) is 69.0 Å². The summed E-state index contributed by atoms with van der Waals surface area (Å²) in [6.07, 6.45) is 2.10. The standard InChI is InChI=1S/C27H39N5O7/c1-5-14(3)22(26(37)32-23(27(38)39)15(4)6-2)31-25(36)20(12-21(33)34)30-24(35)18(28)11-16-13-29-19-10-8-7-9-17(16)19/h7-10,13-15,18,20,22-23,29H,5-6,11-12,28H2,1-4H3,(H,30,35)(H,31,36)(H,32,37)(H,33,34)(H,38,39). The third-order valence-corrected chi connectivity index (χ3v) is 7.03. The quantitative estimate of drug-likeness (QED) is 0.172. The monoisotopic (exact) mass is 545 g/mol. The van der Waals surface area contributed by atoms with Crippen molar-refractivity contribution in [2.24, 2.45) is 17.6 Å². The van der Waals surface area contributed by atoms with Crippen molar-refractivity contribution in [3.63, 3.8) is 0 Å². The predicted molar refractivity (Wildman–Crippen MR) is 145 cm³/mol. The summed E-state index contributed by atoms with van der Waals surface area (Å²) in [6, 6.07) is 2.57. The van der Waals surface area contributed by atoms with E-state index in [1.54, 1.807) is 33.9 Å². The summed E-state index contributed by atoms with van der Waals surface area (Å²) < 4.78 is 0. The minimum atomic E-state index is -1.51. The predicted octanol–water partition coefficient (Wildman–Crippen LogP) is 1.14. The molecule has 2 aromatic rings. The molecule has 2 rings (SSSR count). The van der Waals surface area contributed by atoms with Gasteiger partial charge < -0.3 is 36.9 Å². The average molecular weight is 546 g/mol. The minimum Gasteiger partial charge on any atom is -0.481 e. The smallest absolute Gasteiger partial charge is 0.326 e. The van der Waals surface area contributed by atoms with Gasteiger partial charge >= 0.3 is 11.9 Å². The fraction of sp³-hybridized carbons (Fsp3) is 0.519. The molecule has 0 radical (unpaired) electrons. The van der Waals surface area contributed by atoms with Gasteiger partial charge in [0.2, 0.25) is 17.7 Å². The molecular formula is C27H39N5O7. The van der Waals surface area contributed by atoms with E-state index in [0.29, 0.717) is 12.8 Å². The first-order valence-corrected chi connectivity index (χ1v) is 13.1. The Labute approximate surface area is 227 Å². The molecule has 12 nitrogen and oxygen atoms in total. The third kappa shape index (κ3) is 8.54. The fourth-order valence-electron chi connectivity index (χ4n) is 4.17. The topological polar surface area (TPSA) is 204 Å². The summed E-state index contributed by atoms with van der Waals surface area (Å²) in [6.45, 7) is 6.98. The molecule has 3 amide bonds. The Morgan fingerprint density at radius 3 is 2.05 bits per heavy atom. The summed E-state index contributed by atoms with van der Waals surface area (Å²) >= 11 is 0. The lowest BCUT2D eigenvalue weighted by atomic mass is 9.95. The van der Waals surface area contributed by atoms with Gasteiger partial charge in [-0.25, -0.2) is 4.79 Å². The fourth-order valence-corrected chi connectivity index (χ4v) is 4.17. The van der Waals surface area contributed by atoms with E-state index in [0.717, 1.165) is 16.5 Å². The molecule has 1 heterocycles. The molecule has 0 saturated heterocycles. The Morgan fingerprint density at radius 2 is 1.46 bits per heavy atom. The third-order valence-electron chi connectivity index (χ3n) is 7.03. The van der Waals surface area contributed by atoms with E-state index in [1.165, 1.54) is 0 Å². The molecule has 0 saturated carbocycles. The van der Waals surface area contributed by atoms with Crippen molar-refractivity contribution in [3.05, 3.63) is 36.0 Å². The van der Waals surface area contributed by atoms with Crippen molar-refractivity contribution in [1.29, 1.82) is 0 Å². The van der Waals surface area contributed by atoms with Crippen LogP contribution in [0.3, 0.4) is 0 Å². The maximum absolute atomic E-state index is 13.1. The molecular weight excluding hydrogens is 506 g/mol. The molecule has 1 aromatic carbocycles. The number of carbonyl (C=O) groups is 5. The van der Waals surface area contributed by atoms with Crippen LogP contribution >= 0.6 is 0 Å². The second kappa shape index (κ2) is 14.3. The van der Waals surface area contributed by atoms with Crippen molar-refractivity contribution in [1.82, 2.24) is 20.9 Å². The van der Waals surface area contributed by atoms with Crippen LogP contribution in [0.25, 0.3) is 10.9 Å². The number of aliphatic carboxylic acids is 2. The Kier molecular flexibility index (Phi) is 11.5. The van der Waals surface area contributed by atoms with E-state index in [-0.39, 0.29) is 12.3 Å². The Balaban J connectivity index is 2.16. The van der Waals surface area contributed by atoms with Gasteiger partial charge in [0.25, 0.3) is 0 Å². The molecule has 214 valence electrons. The van der Waals surface area contributed by atoms with Gasteiger partial charge in [-0.05, 0) is 29.9 Å². The zero-order valence-corrected chi connectivity index (χ0v) is 22.7. The molecule has 6 unspecified atom stereocenters. The molecule has 0 aliphatic rings. The van der Waals surface area contributed by atoms with Gasteiger partial charge in [0.1, 0.15) is 18.1 Å². The summed E-state index contributed by atoms with van der Waals surface area (Å²) in [4.78, 5) is 65.4. The number of aromatic nitrogens is 1. The number of rotatable bonds is 15. The molecule has 0 spiro atoms. The Hall–Kier alpha value is -3.93. The number of hydrogen-bond acceptors (Lipinski definition) is 6. The molecule has 12 heteroatoms. The highest BCUT2D eigenvalue weighted by atomic mass is 16.4. The summed E-state index contributed by atoms with van der Waals surface area (Å²) in [5.74, 6) is -5.64. The van der Waals surface area contributed by atoms with E-state index >= 15 is 0 Å². The lowest BCUT2D eigenvalue weighted by Gasteiger charge is -2.29. The maximum Gasteiger partial charge on any atom is 0.326 e. The maximum atomic E-state index is 13.1. The van der Waals surface area contributed by atoms with E-state index in [4.69, 9.17) is 5.73 Å². The Bertz CT molecular complexity index is 1180. The van der Waals surface area contributed by atoms with Crippen LogP contribution in [0.1, 0.15) is 52.5 Å². The number of benzene rings is 1. The van der Waals surface area contributed by atoms with Crippen LogP contribution in [0, 0.1) is 11.8 Å². The van der Waals surface area contributed by atoms with Crippen LogP contribution in [0.2, 0.25) is 0 Å². The van der Waals surface area contributed by atoms with Gasteiger partial charge in [-0.15, -0.1) is 0 Å². The zero-order valence-electron chi connectivity index (χ0n) is 22.7. The molecule has 0 bridgehead atoms. The van der Waals surface area contributed by atoms with E-state index in [2.05, 4.69) is 20.9 Å².